The molecule has 8 heteroatoms. The summed E-state index contributed by atoms with van der Waals surface area (Å²) < 4.78 is 5.02. The Morgan fingerprint density at radius 2 is 1.97 bits per heavy atom. The summed E-state index contributed by atoms with van der Waals surface area (Å²) in [5.41, 5.74) is 0.383. The lowest BCUT2D eigenvalue weighted by Gasteiger charge is -2.43. The number of aliphatic carboxylic acids is 1. The van der Waals surface area contributed by atoms with Gasteiger partial charge in [-0.2, -0.15) is 0 Å². The molecule has 2 aromatic rings. The monoisotopic (exact) mass is 414 g/mol. The van der Waals surface area contributed by atoms with Crippen molar-refractivity contribution in [3.63, 3.8) is 0 Å². The van der Waals surface area contributed by atoms with E-state index in [1.54, 1.807) is 19.9 Å². The normalized spacial score (nSPS) is 24.7. The number of β-lactam (4-membered cyclic amide) rings is 1. The molecule has 2 aliphatic rings. The standard InChI is InChI=1S/C21H22N2O5S/c1-4-28-13-10-9-11-7-5-6-8-12(11)14(13)17(24)22-15-18(25)23-16(20(26)27)21(2,3)29-19(15)23/h5-10,15-16,19H,4H2,1-3H3,(H,22,24)(H,26,27)/t15-,16-,19+/m1/s1. The highest BCUT2D eigenvalue weighted by Crippen LogP contribution is 2.50. The summed E-state index contributed by atoms with van der Waals surface area (Å²) in [7, 11) is 0. The molecule has 0 saturated carbocycles. The van der Waals surface area contributed by atoms with Crippen molar-refractivity contribution in [2.45, 2.75) is 43.0 Å². The SMILES string of the molecule is CCOc1ccc2ccccc2c1C(=O)N[C@@H]1C(=O)N2[C@H]1SC(C)(C)[C@H]2C(=O)O. The van der Waals surface area contributed by atoms with Crippen LogP contribution >= 0.6 is 11.8 Å². The largest absolute Gasteiger partial charge is 0.493 e. The van der Waals surface area contributed by atoms with Crippen molar-refractivity contribution in [1.29, 1.82) is 0 Å². The van der Waals surface area contributed by atoms with Gasteiger partial charge in [0.05, 0.1) is 12.2 Å². The molecule has 2 aromatic carbocycles. The summed E-state index contributed by atoms with van der Waals surface area (Å²) in [4.78, 5) is 38.9. The molecule has 4 rings (SSSR count). The number of thioether (sulfide) groups is 1. The molecule has 0 unspecified atom stereocenters. The van der Waals surface area contributed by atoms with Gasteiger partial charge in [0, 0.05) is 4.75 Å². The number of nitrogens with zero attached hydrogens (tertiary/aromatic N) is 1. The van der Waals surface area contributed by atoms with E-state index in [4.69, 9.17) is 4.74 Å². The maximum absolute atomic E-state index is 13.2. The van der Waals surface area contributed by atoms with Crippen LogP contribution in [0.4, 0.5) is 0 Å². The highest BCUT2D eigenvalue weighted by Gasteiger charge is 2.64. The van der Waals surface area contributed by atoms with E-state index in [-0.39, 0.29) is 5.91 Å². The molecule has 0 bridgehead atoms. The predicted octanol–water partition coefficient (Wildman–Crippen LogP) is 2.48. The topological polar surface area (TPSA) is 95.9 Å². The zero-order valence-corrected chi connectivity index (χ0v) is 17.2. The quantitative estimate of drug-likeness (QED) is 0.730. The third-order valence-electron chi connectivity index (χ3n) is 5.38. The molecule has 29 heavy (non-hydrogen) atoms. The number of benzene rings is 2. The number of nitrogens with one attached hydrogen (secondary N) is 1. The number of fused-ring (bicyclic) bond motifs is 2. The Labute approximate surface area is 172 Å². The van der Waals surface area contributed by atoms with Crippen LogP contribution in [0.3, 0.4) is 0 Å². The van der Waals surface area contributed by atoms with Gasteiger partial charge in [-0.3, -0.25) is 9.59 Å². The zero-order chi connectivity index (χ0) is 20.9. The minimum absolute atomic E-state index is 0.368. The summed E-state index contributed by atoms with van der Waals surface area (Å²) in [5, 5.41) is 13.6. The molecule has 7 nitrogen and oxygen atoms in total. The fourth-order valence-electron chi connectivity index (χ4n) is 4.12. The fraction of sp³-hybridized carbons (Fsp3) is 0.381. The lowest BCUT2D eigenvalue weighted by atomic mass is 9.95. The summed E-state index contributed by atoms with van der Waals surface area (Å²) in [6, 6.07) is 9.46. The van der Waals surface area contributed by atoms with Crippen LogP contribution in [0.15, 0.2) is 36.4 Å². The number of amides is 2. The van der Waals surface area contributed by atoms with E-state index in [9.17, 15) is 19.5 Å². The Balaban J connectivity index is 1.64. The van der Waals surface area contributed by atoms with E-state index in [1.807, 2.05) is 37.3 Å². The van der Waals surface area contributed by atoms with Crippen LogP contribution < -0.4 is 10.1 Å². The first-order valence-electron chi connectivity index (χ1n) is 9.44. The van der Waals surface area contributed by atoms with Crippen LogP contribution in [0.2, 0.25) is 0 Å². The third-order valence-corrected chi connectivity index (χ3v) is 6.95. The Morgan fingerprint density at radius 1 is 1.24 bits per heavy atom. The molecule has 0 spiro atoms. The second kappa shape index (κ2) is 6.95. The Kier molecular flexibility index (Phi) is 4.69. The number of rotatable bonds is 5. The van der Waals surface area contributed by atoms with E-state index in [0.29, 0.717) is 17.9 Å². The van der Waals surface area contributed by atoms with Gasteiger partial charge in [-0.05, 0) is 37.6 Å². The van der Waals surface area contributed by atoms with Gasteiger partial charge in [0.15, 0.2) is 0 Å². The van der Waals surface area contributed by atoms with Gasteiger partial charge in [-0.15, -0.1) is 11.8 Å². The van der Waals surface area contributed by atoms with Gasteiger partial charge in [0.1, 0.15) is 23.2 Å². The molecule has 3 atom stereocenters. The molecule has 0 aromatic heterocycles. The molecule has 152 valence electrons. The summed E-state index contributed by atoms with van der Waals surface area (Å²) in [6.45, 7) is 5.85. The van der Waals surface area contributed by atoms with Crippen molar-refractivity contribution >= 4 is 40.3 Å². The number of hydrogen-bond donors (Lipinski definition) is 2. The molecule has 0 aliphatic carbocycles. The maximum atomic E-state index is 13.2. The van der Waals surface area contributed by atoms with Crippen LogP contribution in [0.5, 0.6) is 5.75 Å². The summed E-state index contributed by atoms with van der Waals surface area (Å²) in [6.07, 6.45) is 0. The summed E-state index contributed by atoms with van der Waals surface area (Å²) in [5.74, 6) is -1.35. The summed E-state index contributed by atoms with van der Waals surface area (Å²) >= 11 is 1.40. The smallest absolute Gasteiger partial charge is 0.327 e. The molecule has 2 fully saturated rings. The van der Waals surface area contributed by atoms with Crippen LogP contribution in [-0.2, 0) is 9.59 Å². The van der Waals surface area contributed by atoms with Crippen molar-refractivity contribution in [3.05, 3.63) is 42.0 Å². The van der Waals surface area contributed by atoms with E-state index in [2.05, 4.69) is 5.32 Å². The number of ether oxygens (including phenoxy) is 1. The molecule has 2 heterocycles. The lowest BCUT2D eigenvalue weighted by Crippen LogP contribution is -2.70. The van der Waals surface area contributed by atoms with Crippen LogP contribution in [-0.4, -0.2) is 56.6 Å². The number of carbonyl (C=O) groups excluding carboxylic acids is 2. The van der Waals surface area contributed by atoms with Crippen molar-refractivity contribution in [1.82, 2.24) is 10.2 Å². The average molecular weight is 414 g/mol. The van der Waals surface area contributed by atoms with Crippen molar-refractivity contribution in [2.24, 2.45) is 0 Å². The van der Waals surface area contributed by atoms with Gasteiger partial charge >= 0.3 is 5.97 Å². The van der Waals surface area contributed by atoms with Gasteiger partial charge in [-0.25, -0.2) is 4.79 Å². The molecule has 2 amide bonds. The highest BCUT2D eigenvalue weighted by atomic mass is 32.2. The molecular formula is C21H22N2O5S. The van der Waals surface area contributed by atoms with E-state index in [1.165, 1.54) is 16.7 Å². The Hall–Kier alpha value is -2.74. The molecule has 2 N–H and O–H groups in total. The van der Waals surface area contributed by atoms with Crippen molar-refractivity contribution in [3.8, 4) is 5.75 Å². The lowest BCUT2D eigenvalue weighted by molar-refractivity contribution is -0.159. The minimum Gasteiger partial charge on any atom is -0.493 e. The first-order valence-corrected chi connectivity index (χ1v) is 10.3. The second-order valence-electron chi connectivity index (χ2n) is 7.64. The zero-order valence-electron chi connectivity index (χ0n) is 16.3. The van der Waals surface area contributed by atoms with E-state index < -0.39 is 34.1 Å². The van der Waals surface area contributed by atoms with E-state index >= 15 is 0 Å². The third kappa shape index (κ3) is 3.02. The van der Waals surface area contributed by atoms with Crippen LogP contribution in [0.25, 0.3) is 10.8 Å². The molecule has 2 saturated heterocycles. The van der Waals surface area contributed by atoms with E-state index in [0.717, 1.165) is 10.8 Å². The first kappa shape index (κ1) is 19.6. The van der Waals surface area contributed by atoms with Gasteiger partial charge < -0.3 is 20.1 Å². The highest BCUT2D eigenvalue weighted by molar-refractivity contribution is 8.01. The molecule has 0 radical (unpaired) electrons. The Morgan fingerprint density at radius 3 is 2.66 bits per heavy atom. The number of carboxylic acids is 1. The number of carbonyl (C=O) groups is 3. The first-order chi connectivity index (χ1) is 13.8. The predicted molar refractivity (Wildman–Crippen MR) is 110 cm³/mol. The second-order valence-corrected chi connectivity index (χ2v) is 9.41. The van der Waals surface area contributed by atoms with Gasteiger partial charge in [0.25, 0.3) is 5.91 Å². The number of hydrogen-bond acceptors (Lipinski definition) is 5. The van der Waals surface area contributed by atoms with Crippen LogP contribution in [0.1, 0.15) is 31.1 Å². The van der Waals surface area contributed by atoms with Gasteiger partial charge in [0.2, 0.25) is 5.91 Å². The Bertz CT molecular complexity index is 1020. The van der Waals surface area contributed by atoms with Crippen LogP contribution in [0, 0.1) is 0 Å². The van der Waals surface area contributed by atoms with Gasteiger partial charge in [-0.1, -0.05) is 30.3 Å². The minimum atomic E-state index is -1.03. The fourth-order valence-corrected chi connectivity index (χ4v) is 5.75. The average Bonchev–Trinajstić information content (AvgIpc) is 2.94. The van der Waals surface area contributed by atoms with Crippen molar-refractivity contribution in [2.75, 3.05) is 6.61 Å². The maximum Gasteiger partial charge on any atom is 0.327 e. The molecular weight excluding hydrogens is 392 g/mol. The van der Waals surface area contributed by atoms with Crippen molar-refractivity contribution < 1.29 is 24.2 Å². The molecule has 2 aliphatic heterocycles. The number of carboxylic acid groups (broad SMARTS) is 1.